The number of aliphatic hydroxyl groups excluding tert-OH is 2. The molecule has 0 rings (SSSR count). The fraction of sp³-hybridized carbons (Fsp3) is 0.955. The Hall–Kier alpha value is -0.500. The molecule has 0 saturated carbocycles. The maximum atomic E-state index is 12.0. The molecule has 0 aliphatic carbocycles. The Morgan fingerprint density at radius 2 is 1.23 bits per heavy atom. The van der Waals surface area contributed by atoms with E-state index in [9.17, 15) is 9.36 Å². The van der Waals surface area contributed by atoms with Gasteiger partial charge >= 0.3 is 13.3 Å². The van der Waals surface area contributed by atoms with E-state index in [4.69, 9.17) is 19.8 Å². The highest BCUT2D eigenvalue weighted by atomic mass is 31.2. The molecule has 3 N–H and O–H groups in total. The van der Waals surface area contributed by atoms with Crippen molar-refractivity contribution < 1.29 is 38.8 Å². The van der Waals surface area contributed by atoms with Crippen LogP contribution in [0.15, 0.2) is 0 Å². The minimum absolute atomic E-state index is 0.00602. The lowest BCUT2D eigenvalue weighted by atomic mass is 10.0. The van der Waals surface area contributed by atoms with Crippen molar-refractivity contribution in [2.75, 3.05) is 19.8 Å². The Bertz CT molecular complexity index is 461. The molecular formula is C22H45O8P. The molecule has 186 valence electrons. The van der Waals surface area contributed by atoms with Crippen molar-refractivity contribution in [1.82, 2.24) is 0 Å². The van der Waals surface area contributed by atoms with Gasteiger partial charge in [-0.2, -0.15) is 0 Å². The van der Waals surface area contributed by atoms with Crippen molar-refractivity contribution in [1.29, 1.82) is 0 Å². The summed E-state index contributed by atoms with van der Waals surface area (Å²) >= 11 is 0. The molecular weight excluding hydrogens is 423 g/mol. The summed E-state index contributed by atoms with van der Waals surface area (Å²) in [7, 11) is -4.45. The molecule has 0 aliphatic rings. The number of carbonyl (C=O) groups is 1. The molecule has 31 heavy (non-hydrogen) atoms. The largest absolute Gasteiger partial charge is 0.472 e. The third-order valence-corrected chi connectivity index (χ3v) is 6.41. The Morgan fingerprint density at radius 3 is 1.61 bits per heavy atom. The predicted octanol–water partition coefficient (Wildman–Crippen LogP) is 6.44. The van der Waals surface area contributed by atoms with E-state index in [1.165, 1.54) is 77.0 Å². The van der Waals surface area contributed by atoms with E-state index >= 15 is 0 Å². The van der Waals surface area contributed by atoms with Gasteiger partial charge in [-0.1, -0.05) is 103 Å². The highest BCUT2D eigenvalue weighted by molar-refractivity contribution is 7.71. The first kappa shape index (κ1) is 30.5. The molecule has 0 saturated heterocycles. The molecule has 2 atom stereocenters. The topological polar surface area (TPSA) is 123 Å². The van der Waals surface area contributed by atoms with Crippen molar-refractivity contribution in [3.8, 4) is 0 Å². The first-order valence-electron chi connectivity index (χ1n) is 12.0. The van der Waals surface area contributed by atoms with Gasteiger partial charge in [-0.15, -0.1) is 4.67 Å². The third kappa shape index (κ3) is 18.7. The summed E-state index contributed by atoms with van der Waals surface area (Å²) in [5, 5.41) is 26.7. The van der Waals surface area contributed by atoms with Gasteiger partial charge in [0.15, 0.2) is 0 Å². The van der Waals surface area contributed by atoms with Gasteiger partial charge in [0, 0.05) is 0 Å². The van der Waals surface area contributed by atoms with Crippen LogP contribution < -0.4 is 0 Å². The van der Waals surface area contributed by atoms with Crippen LogP contribution in [-0.4, -0.2) is 47.0 Å². The van der Waals surface area contributed by atoms with Crippen molar-refractivity contribution in [3.05, 3.63) is 0 Å². The van der Waals surface area contributed by atoms with Crippen molar-refractivity contribution in [2.45, 2.75) is 116 Å². The van der Waals surface area contributed by atoms with E-state index in [2.05, 4.69) is 16.5 Å². The van der Waals surface area contributed by atoms with Gasteiger partial charge < -0.3 is 15.3 Å². The standard InChI is InChI=1S/C22H45O8P/c1-2-3-4-5-6-7-8-9-10-11-12-13-14-15-16-17-18-29-31(27,22(25)26)30-28-20-21(24)19-23/h21,23-24H,2-20H2,1H3,(H,25,26)/t21-,31?/m1/s1. The molecule has 0 bridgehead atoms. The number of rotatable bonds is 24. The Balaban J connectivity index is 3.50. The van der Waals surface area contributed by atoms with Crippen LogP contribution in [0.25, 0.3) is 0 Å². The second-order valence-electron chi connectivity index (χ2n) is 8.11. The highest BCUT2D eigenvalue weighted by Gasteiger charge is 2.36. The molecule has 0 aromatic heterocycles. The maximum absolute atomic E-state index is 12.0. The SMILES string of the molecule is CCCCCCCCCCCCCCCCCCOP(=O)(OOC[C@H](O)CO)C(=O)O. The lowest BCUT2D eigenvalue weighted by Crippen LogP contribution is -2.20. The molecule has 0 aromatic rings. The lowest BCUT2D eigenvalue weighted by Gasteiger charge is -2.14. The highest BCUT2D eigenvalue weighted by Crippen LogP contribution is 2.49. The summed E-state index contributed by atoms with van der Waals surface area (Å²) in [6.45, 7) is 1.16. The van der Waals surface area contributed by atoms with Crippen LogP contribution in [0, 0.1) is 0 Å². The minimum atomic E-state index is -4.45. The Kier molecular flexibility index (Phi) is 21.0. The van der Waals surface area contributed by atoms with Crippen molar-refractivity contribution >= 4 is 13.3 Å². The normalized spacial score (nSPS) is 14.4. The summed E-state index contributed by atoms with van der Waals surface area (Å²) in [5.41, 5.74) is -1.75. The van der Waals surface area contributed by atoms with Crippen LogP contribution in [-0.2, 0) is 18.7 Å². The van der Waals surface area contributed by atoms with Gasteiger partial charge in [-0.3, -0.25) is 4.52 Å². The molecule has 9 heteroatoms. The van der Waals surface area contributed by atoms with Crippen LogP contribution in [0.5, 0.6) is 0 Å². The second-order valence-corrected chi connectivity index (χ2v) is 9.90. The molecule has 0 radical (unpaired) electrons. The summed E-state index contributed by atoms with van der Waals surface area (Å²) < 4.78 is 21.3. The minimum Gasteiger partial charge on any atom is -0.472 e. The van der Waals surface area contributed by atoms with Gasteiger partial charge in [-0.25, -0.2) is 14.2 Å². The summed E-state index contributed by atoms with van der Waals surface area (Å²) in [6.07, 6.45) is 18.4. The van der Waals surface area contributed by atoms with Crippen molar-refractivity contribution in [3.63, 3.8) is 0 Å². The van der Waals surface area contributed by atoms with Crippen LogP contribution in [0.3, 0.4) is 0 Å². The van der Waals surface area contributed by atoms with E-state index in [0.717, 1.165) is 19.3 Å². The summed E-state index contributed by atoms with van der Waals surface area (Å²) in [4.78, 5) is 15.5. The van der Waals surface area contributed by atoms with Crippen LogP contribution >= 0.6 is 7.60 Å². The summed E-state index contributed by atoms with van der Waals surface area (Å²) in [6, 6.07) is 0. The zero-order valence-corrected chi connectivity index (χ0v) is 20.2. The molecule has 0 aromatic carbocycles. The maximum Gasteiger partial charge on any atom is 0.464 e. The molecule has 8 nitrogen and oxygen atoms in total. The van der Waals surface area contributed by atoms with Gasteiger partial charge in [-0.05, 0) is 6.42 Å². The zero-order chi connectivity index (χ0) is 23.2. The van der Waals surface area contributed by atoms with E-state index in [-0.39, 0.29) is 6.61 Å². The number of aliphatic hydroxyl groups is 2. The fourth-order valence-corrected chi connectivity index (χ4v) is 3.96. The molecule has 0 heterocycles. The first-order valence-corrected chi connectivity index (χ1v) is 13.6. The fourth-order valence-electron chi connectivity index (χ4n) is 3.17. The first-order chi connectivity index (χ1) is 15.0. The number of carboxylic acid groups (broad SMARTS) is 1. The molecule has 0 spiro atoms. The lowest BCUT2D eigenvalue weighted by molar-refractivity contribution is -0.231. The average molecular weight is 469 g/mol. The zero-order valence-electron chi connectivity index (χ0n) is 19.3. The molecule has 0 aliphatic heterocycles. The monoisotopic (exact) mass is 468 g/mol. The molecule has 1 unspecified atom stereocenters. The van der Waals surface area contributed by atoms with Crippen LogP contribution in [0.2, 0.25) is 0 Å². The van der Waals surface area contributed by atoms with Gasteiger partial charge in [0.1, 0.15) is 12.7 Å². The van der Waals surface area contributed by atoms with E-state index in [0.29, 0.717) is 6.42 Å². The summed E-state index contributed by atoms with van der Waals surface area (Å²) in [5.74, 6) is 0. The number of hydrogen-bond donors (Lipinski definition) is 3. The number of hydrogen-bond acceptors (Lipinski definition) is 7. The Morgan fingerprint density at radius 1 is 0.806 bits per heavy atom. The van der Waals surface area contributed by atoms with Crippen LogP contribution in [0.1, 0.15) is 110 Å². The predicted molar refractivity (Wildman–Crippen MR) is 121 cm³/mol. The van der Waals surface area contributed by atoms with Crippen LogP contribution in [0.4, 0.5) is 4.79 Å². The van der Waals surface area contributed by atoms with E-state index in [1.807, 2.05) is 0 Å². The molecule has 0 fully saturated rings. The second kappa shape index (κ2) is 21.4. The smallest absolute Gasteiger partial charge is 0.464 e. The average Bonchev–Trinajstić information content (AvgIpc) is 2.75. The van der Waals surface area contributed by atoms with E-state index < -0.39 is 32.6 Å². The third-order valence-electron chi connectivity index (χ3n) is 5.12. The molecule has 0 amide bonds. The quantitative estimate of drug-likeness (QED) is 0.0640. The van der Waals surface area contributed by atoms with Gasteiger partial charge in [0.2, 0.25) is 0 Å². The van der Waals surface area contributed by atoms with Gasteiger partial charge in [0.05, 0.1) is 13.2 Å². The Labute approximate surface area is 188 Å². The van der Waals surface area contributed by atoms with Gasteiger partial charge in [0.25, 0.3) is 0 Å². The van der Waals surface area contributed by atoms with Crippen molar-refractivity contribution in [2.24, 2.45) is 0 Å². The van der Waals surface area contributed by atoms with E-state index in [1.54, 1.807) is 0 Å². The number of unbranched alkanes of at least 4 members (excludes halogenated alkanes) is 15.